The van der Waals surface area contributed by atoms with Crippen molar-refractivity contribution in [2.24, 2.45) is 0 Å². The van der Waals surface area contributed by atoms with Gasteiger partial charge in [0, 0.05) is 27.9 Å². The first-order valence-electron chi connectivity index (χ1n) is 6.66. The van der Waals surface area contributed by atoms with Gasteiger partial charge >= 0.3 is 0 Å². The van der Waals surface area contributed by atoms with Crippen LogP contribution in [-0.4, -0.2) is 13.4 Å². The van der Waals surface area contributed by atoms with Crippen LogP contribution in [-0.2, 0) is 10.0 Å². The highest BCUT2D eigenvalue weighted by atomic mass is 79.9. The third kappa shape index (κ3) is 3.34. The fraction of sp³-hybridized carbons (Fsp3) is 0.133. The number of thiophene rings is 1. The molecule has 3 rings (SSSR count). The van der Waals surface area contributed by atoms with Crippen molar-refractivity contribution in [2.75, 3.05) is 4.72 Å². The molecule has 0 aliphatic carbocycles. The minimum atomic E-state index is -3.69. The molecule has 0 aromatic carbocycles. The molecule has 3 aromatic heterocycles. The summed E-state index contributed by atoms with van der Waals surface area (Å²) in [5.74, 6) is 0.175. The van der Waals surface area contributed by atoms with E-state index in [-0.39, 0.29) is 10.1 Å². The first-order chi connectivity index (χ1) is 10.9. The summed E-state index contributed by atoms with van der Waals surface area (Å²) in [5.41, 5.74) is 2.62. The van der Waals surface area contributed by atoms with Gasteiger partial charge in [0.1, 0.15) is 4.21 Å². The molecule has 1 N–H and O–H groups in total. The molecule has 3 heterocycles. The largest absolute Gasteiger partial charge is 0.446 e. The van der Waals surface area contributed by atoms with E-state index in [1.165, 1.54) is 17.6 Å². The molecule has 0 aliphatic rings. The maximum Gasteiger partial charge on any atom is 0.273 e. The quantitative estimate of drug-likeness (QED) is 0.680. The van der Waals surface area contributed by atoms with Crippen molar-refractivity contribution < 1.29 is 12.8 Å². The highest BCUT2D eigenvalue weighted by Crippen LogP contribution is 2.34. The van der Waals surface area contributed by atoms with E-state index in [1.807, 2.05) is 26.0 Å². The number of halogens is 1. The van der Waals surface area contributed by atoms with Gasteiger partial charge in [-0.05, 0) is 48.0 Å². The first kappa shape index (κ1) is 16.2. The SMILES string of the molecule is Cc1ccc(-c2ccc(S(=O)(=O)Nc3occ(C)c3Br)s2)cn1. The Bertz CT molecular complexity index is 944. The van der Waals surface area contributed by atoms with Crippen LogP contribution in [0.25, 0.3) is 10.4 Å². The zero-order valence-corrected chi connectivity index (χ0v) is 15.5. The van der Waals surface area contributed by atoms with Crippen molar-refractivity contribution in [2.45, 2.75) is 18.1 Å². The molecule has 5 nitrogen and oxygen atoms in total. The maximum atomic E-state index is 12.5. The Balaban J connectivity index is 1.89. The van der Waals surface area contributed by atoms with Crippen molar-refractivity contribution in [3.8, 4) is 10.4 Å². The molecule has 0 radical (unpaired) electrons. The number of nitrogens with one attached hydrogen (secondary N) is 1. The van der Waals surface area contributed by atoms with Gasteiger partial charge in [0.25, 0.3) is 10.0 Å². The Labute approximate surface area is 146 Å². The van der Waals surface area contributed by atoms with Crippen LogP contribution in [0.3, 0.4) is 0 Å². The predicted octanol–water partition coefficient (Wildman–Crippen LogP) is 4.58. The Kier molecular flexibility index (Phi) is 4.31. The molecule has 0 amide bonds. The first-order valence-corrected chi connectivity index (χ1v) is 9.75. The summed E-state index contributed by atoms with van der Waals surface area (Å²) in [6.07, 6.45) is 3.22. The van der Waals surface area contributed by atoms with E-state index < -0.39 is 10.0 Å². The lowest BCUT2D eigenvalue weighted by molar-refractivity contribution is 0.574. The topological polar surface area (TPSA) is 72.2 Å². The Morgan fingerprint density at radius 3 is 2.61 bits per heavy atom. The average molecular weight is 413 g/mol. The zero-order chi connectivity index (χ0) is 16.6. The summed E-state index contributed by atoms with van der Waals surface area (Å²) < 4.78 is 33.4. The van der Waals surface area contributed by atoms with Gasteiger partial charge < -0.3 is 4.42 Å². The van der Waals surface area contributed by atoms with Crippen molar-refractivity contribution in [1.29, 1.82) is 0 Å². The average Bonchev–Trinajstić information content (AvgIpc) is 3.11. The molecule has 23 heavy (non-hydrogen) atoms. The van der Waals surface area contributed by atoms with Gasteiger partial charge in [-0.25, -0.2) is 13.1 Å². The number of aryl methyl sites for hydroxylation is 2. The van der Waals surface area contributed by atoms with Gasteiger partial charge in [-0.1, -0.05) is 6.07 Å². The Morgan fingerprint density at radius 2 is 2.00 bits per heavy atom. The number of rotatable bonds is 4. The summed E-state index contributed by atoms with van der Waals surface area (Å²) >= 11 is 4.48. The number of pyridine rings is 1. The number of nitrogens with zero attached hydrogens (tertiary/aromatic N) is 1. The summed E-state index contributed by atoms with van der Waals surface area (Å²) in [6, 6.07) is 7.16. The Morgan fingerprint density at radius 1 is 1.22 bits per heavy atom. The van der Waals surface area contributed by atoms with Crippen LogP contribution < -0.4 is 4.72 Å². The molecular formula is C15H13BrN2O3S2. The molecule has 0 atom stereocenters. The fourth-order valence-corrected chi connectivity index (χ4v) is 4.62. The van der Waals surface area contributed by atoms with Crippen molar-refractivity contribution in [3.63, 3.8) is 0 Å². The molecule has 3 aromatic rings. The van der Waals surface area contributed by atoms with Crippen LogP contribution in [0.5, 0.6) is 0 Å². The van der Waals surface area contributed by atoms with Crippen LogP contribution in [0.2, 0.25) is 0 Å². The van der Waals surface area contributed by atoms with Gasteiger partial charge in [-0.15, -0.1) is 11.3 Å². The van der Waals surface area contributed by atoms with Crippen LogP contribution in [0.4, 0.5) is 5.88 Å². The third-order valence-corrected chi connectivity index (χ3v) is 7.11. The lowest BCUT2D eigenvalue weighted by Gasteiger charge is -2.03. The smallest absolute Gasteiger partial charge is 0.273 e. The van der Waals surface area contributed by atoms with E-state index in [2.05, 4.69) is 25.6 Å². The van der Waals surface area contributed by atoms with Crippen LogP contribution in [0.1, 0.15) is 11.3 Å². The van der Waals surface area contributed by atoms with E-state index in [1.54, 1.807) is 18.3 Å². The van der Waals surface area contributed by atoms with Gasteiger partial charge in [0.2, 0.25) is 5.88 Å². The highest BCUT2D eigenvalue weighted by Gasteiger charge is 2.21. The summed E-state index contributed by atoms with van der Waals surface area (Å²) in [4.78, 5) is 5.07. The molecule has 120 valence electrons. The second-order valence-electron chi connectivity index (χ2n) is 4.97. The van der Waals surface area contributed by atoms with Crippen molar-refractivity contribution in [1.82, 2.24) is 4.98 Å². The van der Waals surface area contributed by atoms with Gasteiger partial charge in [0.15, 0.2) is 0 Å². The normalized spacial score (nSPS) is 11.6. The summed E-state index contributed by atoms with van der Waals surface area (Å²) in [6.45, 7) is 3.72. The van der Waals surface area contributed by atoms with E-state index in [9.17, 15) is 8.42 Å². The van der Waals surface area contributed by atoms with E-state index in [4.69, 9.17) is 4.42 Å². The number of furan rings is 1. The number of anilines is 1. The second-order valence-corrected chi connectivity index (χ2v) is 8.76. The fourth-order valence-electron chi connectivity index (χ4n) is 1.90. The van der Waals surface area contributed by atoms with Gasteiger partial charge in [-0.3, -0.25) is 4.98 Å². The number of hydrogen-bond donors (Lipinski definition) is 1. The minimum absolute atomic E-state index is 0.175. The van der Waals surface area contributed by atoms with Crippen molar-refractivity contribution >= 4 is 43.2 Å². The summed E-state index contributed by atoms with van der Waals surface area (Å²) in [7, 11) is -3.69. The highest BCUT2D eigenvalue weighted by molar-refractivity contribution is 9.10. The molecular weight excluding hydrogens is 400 g/mol. The molecule has 0 fully saturated rings. The van der Waals surface area contributed by atoms with Gasteiger partial charge in [-0.2, -0.15) is 0 Å². The minimum Gasteiger partial charge on any atom is -0.446 e. The Hall–Kier alpha value is -1.64. The number of sulfonamides is 1. The van der Waals surface area contributed by atoms with E-state index >= 15 is 0 Å². The van der Waals surface area contributed by atoms with Crippen molar-refractivity contribution in [3.05, 3.63) is 52.5 Å². The zero-order valence-electron chi connectivity index (χ0n) is 12.3. The number of aromatic nitrogens is 1. The molecule has 0 bridgehead atoms. The molecule has 0 saturated carbocycles. The molecule has 0 spiro atoms. The van der Waals surface area contributed by atoms with Gasteiger partial charge in [0.05, 0.1) is 10.7 Å². The van der Waals surface area contributed by atoms with E-state index in [0.717, 1.165) is 21.7 Å². The van der Waals surface area contributed by atoms with Crippen LogP contribution in [0, 0.1) is 13.8 Å². The molecule has 0 aliphatic heterocycles. The number of hydrogen-bond acceptors (Lipinski definition) is 5. The monoisotopic (exact) mass is 412 g/mol. The standard InChI is InChI=1S/C15H13BrN2O3S2/c1-9-8-21-15(14(9)16)18-23(19,20)13-6-5-12(22-13)11-4-3-10(2)17-7-11/h3-8,18H,1-2H3. The predicted molar refractivity (Wildman–Crippen MR) is 94.2 cm³/mol. The third-order valence-electron chi connectivity index (χ3n) is 3.17. The lowest BCUT2D eigenvalue weighted by Crippen LogP contribution is -2.11. The van der Waals surface area contributed by atoms with E-state index in [0.29, 0.717) is 4.47 Å². The molecule has 8 heteroatoms. The van der Waals surface area contributed by atoms with Crippen LogP contribution >= 0.6 is 27.3 Å². The lowest BCUT2D eigenvalue weighted by atomic mass is 10.2. The second kappa shape index (κ2) is 6.10. The molecule has 0 unspecified atom stereocenters. The van der Waals surface area contributed by atoms with Crippen LogP contribution in [0.15, 0.2) is 49.8 Å². The molecule has 0 saturated heterocycles. The maximum absolute atomic E-state index is 12.5. The summed E-state index contributed by atoms with van der Waals surface area (Å²) in [5, 5.41) is 0.